The molecule has 0 aliphatic carbocycles. The molecule has 0 saturated heterocycles. The maximum atomic E-state index is 11.9. The van der Waals surface area contributed by atoms with Gasteiger partial charge in [0.1, 0.15) is 0 Å². The van der Waals surface area contributed by atoms with E-state index in [1.54, 1.807) is 24.3 Å². The molecule has 102 valence electrons. The first-order chi connectivity index (χ1) is 9.56. The van der Waals surface area contributed by atoms with Crippen LogP contribution >= 0.6 is 0 Å². The predicted molar refractivity (Wildman–Crippen MR) is 73.2 cm³/mol. The minimum absolute atomic E-state index is 0.136. The average molecular weight is 271 g/mol. The second-order valence-corrected chi connectivity index (χ2v) is 4.15. The van der Waals surface area contributed by atoms with Gasteiger partial charge in [0.15, 0.2) is 0 Å². The fourth-order valence-corrected chi connectivity index (χ4v) is 1.62. The Morgan fingerprint density at radius 2 is 1.85 bits per heavy atom. The van der Waals surface area contributed by atoms with E-state index in [0.29, 0.717) is 16.9 Å². The SMILES string of the molecule is Nc1ccc(C(=O)NCc2cc(C(=O)O)ccn2)cc1. The van der Waals surface area contributed by atoms with Crippen molar-refractivity contribution in [1.82, 2.24) is 10.3 Å². The highest BCUT2D eigenvalue weighted by atomic mass is 16.4. The Balaban J connectivity index is 2.01. The molecule has 1 amide bonds. The normalized spacial score (nSPS) is 10.0. The Morgan fingerprint density at radius 3 is 2.50 bits per heavy atom. The molecular weight excluding hydrogens is 258 g/mol. The number of nitrogens with two attached hydrogens (primary N) is 1. The number of carbonyl (C=O) groups is 2. The Kier molecular flexibility index (Phi) is 3.95. The number of aromatic nitrogens is 1. The summed E-state index contributed by atoms with van der Waals surface area (Å²) in [5, 5.41) is 11.5. The van der Waals surface area contributed by atoms with Crippen molar-refractivity contribution < 1.29 is 14.7 Å². The van der Waals surface area contributed by atoms with Gasteiger partial charge >= 0.3 is 5.97 Å². The Bertz CT molecular complexity index is 638. The van der Waals surface area contributed by atoms with E-state index in [1.807, 2.05) is 0 Å². The molecule has 0 saturated carbocycles. The third-order valence-electron chi connectivity index (χ3n) is 2.67. The number of pyridine rings is 1. The van der Waals surface area contributed by atoms with Gasteiger partial charge in [-0.3, -0.25) is 9.78 Å². The van der Waals surface area contributed by atoms with Gasteiger partial charge in [-0.2, -0.15) is 0 Å². The summed E-state index contributed by atoms with van der Waals surface area (Å²) in [5.74, 6) is -1.30. The molecule has 0 unspecified atom stereocenters. The first kappa shape index (κ1) is 13.5. The molecular formula is C14H13N3O3. The Morgan fingerprint density at radius 1 is 1.15 bits per heavy atom. The largest absolute Gasteiger partial charge is 0.478 e. The van der Waals surface area contributed by atoms with Crippen molar-refractivity contribution in [2.75, 3.05) is 5.73 Å². The Hall–Kier alpha value is -2.89. The van der Waals surface area contributed by atoms with E-state index in [4.69, 9.17) is 10.8 Å². The van der Waals surface area contributed by atoms with Crippen LogP contribution in [-0.4, -0.2) is 22.0 Å². The van der Waals surface area contributed by atoms with E-state index >= 15 is 0 Å². The number of aromatic carboxylic acids is 1. The van der Waals surface area contributed by atoms with Crippen molar-refractivity contribution in [3.05, 3.63) is 59.4 Å². The molecule has 0 bridgehead atoms. The molecule has 0 aliphatic heterocycles. The topological polar surface area (TPSA) is 105 Å². The summed E-state index contributed by atoms with van der Waals surface area (Å²) >= 11 is 0. The number of hydrogen-bond acceptors (Lipinski definition) is 4. The molecule has 0 aliphatic rings. The number of hydrogen-bond donors (Lipinski definition) is 3. The van der Waals surface area contributed by atoms with Gasteiger partial charge in [0, 0.05) is 17.4 Å². The van der Waals surface area contributed by atoms with Crippen LogP contribution in [0.15, 0.2) is 42.6 Å². The van der Waals surface area contributed by atoms with E-state index in [9.17, 15) is 9.59 Å². The number of benzene rings is 1. The number of carbonyl (C=O) groups excluding carboxylic acids is 1. The van der Waals surface area contributed by atoms with Crippen LogP contribution < -0.4 is 11.1 Å². The summed E-state index contributed by atoms with van der Waals surface area (Å²) < 4.78 is 0. The molecule has 20 heavy (non-hydrogen) atoms. The molecule has 1 aromatic heterocycles. The predicted octanol–water partition coefficient (Wildman–Crippen LogP) is 1.29. The van der Waals surface area contributed by atoms with Crippen molar-refractivity contribution in [3.63, 3.8) is 0 Å². The van der Waals surface area contributed by atoms with Gasteiger partial charge in [0.2, 0.25) is 0 Å². The molecule has 0 fully saturated rings. The minimum Gasteiger partial charge on any atom is -0.478 e. The van der Waals surface area contributed by atoms with Crippen molar-refractivity contribution in [2.24, 2.45) is 0 Å². The number of rotatable bonds is 4. The van der Waals surface area contributed by atoms with Crippen LogP contribution in [0.1, 0.15) is 26.4 Å². The first-order valence-corrected chi connectivity index (χ1v) is 5.88. The van der Waals surface area contributed by atoms with Crippen LogP contribution in [0.3, 0.4) is 0 Å². The van der Waals surface area contributed by atoms with Crippen molar-refractivity contribution in [3.8, 4) is 0 Å². The van der Waals surface area contributed by atoms with Gasteiger partial charge < -0.3 is 16.2 Å². The van der Waals surface area contributed by atoms with Crippen LogP contribution in [0.4, 0.5) is 5.69 Å². The quantitative estimate of drug-likeness (QED) is 0.727. The number of amides is 1. The summed E-state index contributed by atoms with van der Waals surface area (Å²) in [6.07, 6.45) is 1.40. The summed E-state index contributed by atoms with van der Waals surface area (Å²) in [4.78, 5) is 26.7. The van der Waals surface area contributed by atoms with Crippen LogP contribution in [0.5, 0.6) is 0 Å². The van der Waals surface area contributed by atoms with E-state index in [1.165, 1.54) is 18.3 Å². The average Bonchev–Trinajstić information content (AvgIpc) is 2.46. The molecule has 6 nitrogen and oxygen atoms in total. The number of nitrogens with zero attached hydrogens (tertiary/aromatic N) is 1. The number of carboxylic acids is 1. The Labute approximate surface area is 115 Å². The van der Waals surface area contributed by atoms with Crippen LogP contribution in [0.2, 0.25) is 0 Å². The number of nitrogens with one attached hydrogen (secondary N) is 1. The van der Waals surface area contributed by atoms with Gasteiger partial charge in [-0.15, -0.1) is 0 Å². The lowest BCUT2D eigenvalue weighted by molar-refractivity contribution is 0.0696. The van der Waals surface area contributed by atoms with Crippen molar-refractivity contribution in [2.45, 2.75) is 6.54 Å². The number of nitrogen functional groups attached to an aromatic ring is 1. The number of carboxylic acid groups (broad SMARTS) is 1. The van der Waals surface area contributed by atoms with Gasteiger partial charge in [0.05, 0.1) is 17.8 Å². The van der Waals surface area contributed by atoms with Gasteiger partial charge in [0.25, 0.3) is 5.91 Å². The summed E-state index contributed by atoms with van der Waals surface area (Å²) in [6.45, 7) is 0.157. The maximum Gasteiger partial charge on any atom is 0.335 e. The van der Waals surface area contributed by atoms with Gasteiger partial charge in [-0.05, 0) is 36.4 Å². The highest BCUT2D eigenvalue weighted by Crippen LogP contribution is 2.06. The zero-order valence-corrected chi connectivity index (χ0v) is 10.5. The molecule has 0 spiro atoms. The molecule has 1 aromatic carbocycles. The third kappa shape index (κ3) is 3.32. The second kappa shape index (κ2) is 5.83. The first-order valence-electron chi connectivity index (χ1n) is 5.88. The molecule has 2 aromatic rings. The van der Waals surface area contributed by atoms with Crippen LogP contribution in [0, 0.1) is 0 Å². The minimum atomic E-state index is -1.03. The number of anilines is 1. The lowest BCUT2D eigenvalue weighted by Crippen LogP contribution is -2.23. The smallest absolute Gasteiger partial charge is 0.335 e. The maximum absolute atomic E-state index is 11.9. The third-order valence-corrected chi connectivity index (χ3v) is 2.67. The lowest BCUT2D eigenvalue weighted by Gasteiger charge is -2.05. The van der Waals surface area contributed by atoms with Crippen LogP contribution in [0.25, 0.3) is 0 Å². The lowest BCUT2D eigenvalue weighted by atomic mass is 10.2. The van der Waals surface area contributed by atoms with Crippen molar-refractivity contribution in [1.29, 1.82) is 0 Å². The van der Waals surface area contributed by atoms with E-state index < -0.39 is 5.97 Å². The fourth-order valence-electron chi connectivity index (χ4n) is 1.62. The monoisotopic (exact) mass is 271 g/mol. The zero-order valence-electron chi connectivity index (χ0n) is 10.5. The molecule has 0 radical (unpaired) electrons. The summed E-state index contributed by atoms with van der Waals surface area (Å²) in [5.41, 5.74) is 7.22. The van der Waals surface area contributed by atoms with E-state index in [-0.39, 0.29) is 18.0 Å². The summed E-state index contributed by atoms with van der Waals surface area (Å²) in [7, 11) is 0. The molecule has 6 heteroatoms. The van der Waals surface area contributed by atoms with Crippen LogP contribution in [-0.2, 0) is 6.54 Å². The molecule has 0 atom stereocenters. The summed E-state index contributed by atoms with van der Waals surface area (Å²) in [6, 6.07) is 9.33. The highest BCUT2D eigenvalue weighted by molar-refractivity contribution is 5.94. The molecule has 4 N–H and O–H groups in total. The van der Waals surface area contributed by atoms with Crippen molar-refractivity contribution >= 4 is 17.6 Å². The highest BCUT2D eigenvalue weighted by Gasteiger charge is 2.07. The van der Waals surface area contributed by atoms with Gasteiger partial charge in [-0.25, -0.2) is 4.79 Å². The molecule has 2 rings (SSSR count). The van der Waals surface area contributed by atoms with E-state index in [2.05, 4.69) is 10.3 Å². The second-order valence-electron chi connectivity index (χ2n) is 4.15. The van der Waals surface area contributed by atoms with E-state index in [0.717, 1.165) is 0 Å². The standard InChI is InChI=1S/C14H13N3O3/c15-11-3-1-9(2-4-11)13(18)17-8-12-7-10(14(19)20)5-6-16-12/h1-7H,8,15H2,(H,17,18)(H,19,20). The zero-order chi connectivity index (χ0) is 14.5. The fraction of sp³-hybridized carbons (Fsp3) is 0.0714. The molecule has 1 heterocycles. The van der Waals surface area contributed by atoms with Gasteiger partial charge in [-0.1, -0.05) is 0 Å².